The summed E-state index contributed by atoms with van der Waals surface area (Å²) in [5.74, 6) is -0.883. The highest BCUT2D eigenvalue weighted by Crippen LogP contribution is 2.18. The smallest absolute Gasteiger partial charge is 0.277 e. The van der Waals surface area contributed by atoms with Gasteiger partial charge in [0.1, 0.15) is 0 Å². The Bertz CT molecular complexity index is 690. The molecule has 0 aliphatic rings. The molecule has 2 heterocycles. The SMILES string of the molecule is CCn1cc(NC(=O)c2nn(C)cc2Cl)c(C(=O)NC)n1. The summed E-state index contributed by atoms with van der Waals surface area (Å²) >= 11 is 5.92. The maximum Gasteiger partial charge on any atom is 0.277 e. The number of aryl methyl sites for hydroxylation is 2. The minimum absolute atomic E-state index is 0.0891. The number of rotatable bonds is 4. The molecule has 9 heteroatoms. The van der Waals surface area contributed by atoms with Crippen molar-refractivity contribution in [1.29, 1.82) is 0 Å². The second-order valence-electron chi connectivity index (χ2n) is 4.28. The van der Waals surface area contributed by atoms with Gasteiger partial charge in [-0.2, -0.15) is 10.2 Å². The summed E-state index contributed by atoms with van der Waals surface area (Å²) in [6, 6.07) is 0. The van der Waals surface area contributed by atoms with Gasteiger partial charge in [0.05, 0.1) is 10.7 Å². The summed E-state index contributed by atoms with van der Waals surface area (Å²) in [7, 11) is 3.16. The van der Waals surface area contributed by atoms with E-state index in [4.69, 9.17) is 11.6 Å². The first-order chi connectivity index (χ1) is 9.96. The van der Waals surface area contributed by atoms with Crippen LogP contribution >= 0.6 is 11.6 Å². The highest BCUT2D eigenvalue weighted by atomic mass is 35.5. The zero-order chi connectivity index (χ0) is 15.6. The summed E-state index contributed by atoms with van der Waals surface area (Å²) in [6.45, 7) is 2.45. The van der Waals surface area contributed by atoms with E-state index < -0.39 is 5.91 Å². The van der Waals surface area contributed by atoms with E-state index in [1.807, 2.05) is 6.92 Å². The molecule has 0 aromatic carbocycles. The van der Waals surface area contributed by atoms with E-state index in [0.717, 1.165) is 0 Å². The molecule has 0 spiro atoms. The fraction of sp³-hybridized carbons (Fsp3) is 0.333. The third-order valence-electron chi connectivity index (χ3n) is 2.78. The van der Waals surface area contributed by atoms with Crippen LogP contribution in [0, 0.1) is 0 Å². The molecule has 2 amide bonds. The molecule has 0 atom stereocenters. The van der Waals surface area contributed by atoms with Crippen LogP contribution in [0.1, 0.15) is 27.9 Å². The summed E-state index contributed by atoms with van der Waals surface area (Å²) < 4.78 is 2.99. The van der Waals surface area contributed by atoms with Gasteiger partial charge in [-0.1, -0.05) is 11.6 Å². The molecular formula is C12H15ClN6O2. The first kappa shape index (κ1) is 15.0. The first-order valence-corrected chi connectivity index (χ1v) is 6.64. The van der Waals surface area contributed by atoms with Gasteiger partial charge in [-0.15, -0.1) is 0 Å². The summed E-state index contributed by atoms with van der Waals surface area (Å²) in [5, 5.41) is 13.4. The number of hydrogen-bond donors (Lipinski definition) is 2. The van der Waals surface area contributed by atoms with Crippen LogP contribution in [0.3, 0.4) is 0 Å². The zero-order valence-corrected chi connectivity index (χ0v) is 12.6. The van der Waals surface area contributed by atoms with Crippen LogP contribution < -0.4 is 10.6 Å². The van der Waals surface area contributed by atoms with Gasteiger partial charge in [0.15, 0.2) is 11.4 Å². The number of nitrogens with one attached hydrogen (secondary N) is 2. The molecule has 0 fully saturated rings. The van der Waals surface area contributed by atoms with Crippen molar-refractivity contribution in [3.63, 3.8) is 0 Å². The quantitative estimate of drug-likeness (QED) is 0.877. The van der Waals surface area contributed by atoms with Gasteiger partial charge < -0.3 is 10.6 Å². The molecule has 0 saturated heterocycles. The zero-order valence-electron chi connectivity index (χ0n) is 11.8. The van der Waals surface area contributed by atoms with E-state index in [1.54, 1.807) is 17.9 Å². The monoisotopic (exact) mass is 310 g/mol. The van der Waals surface area contributed by atoms with E-state index >= 15 is 0 Å². The summed E-state index contributed by atoms with van der Waals surface area (Å²) in [4.78, 5) is 23.9. The predicted octanol–water partition coefficient (Wildman–Crippen LogP) is 0.902. The minimum atomic E-state index is -0.499. The number of carbonyl (C=O) groups excluding carboxylic acids is 2. The lowest BCUT2D eigenvalue weighted by molar-refractivity contribution is 0.0958. The summed E-state index contributed by atoms with van der Waals surface area (Å²) in [5.41, 5.74) is 0.536. The Labute approximate surface area is 126 Å². The molecule has 2 aromatic rings. The highest BCUT2D eigenvalue weighted by molar-refractivity contribution is 6.34. The number of carbonyl (C=O) groups is 2. The molecule has 2 aromatic heterocycles. The van der Waals surface area contributed by atoms with Crippen LogP contribution in [0.4, 0.5) is 5.69 Å². The maximum atomic E-state index is 12.2. The molecule has 0 unspecified atom stereocenters. The fourth-order valence-electron chi connectivity index (χ4n) is 1.76. The van der Waals surface area contributed by atoms with E-state index in [2.05, 4.69) is 20.8 Å². The van der Waals surface area contributed by atoms with E-state index in [-0.39, 0.29) is 22.3 Å². The first-order valence-electron chi connectivity index (χ1n) is 6.26. The normalized spacial score (nSPS) is 10.5. The second kappa shape index (κ2) is 5.96. The number of nitrogens with zero attached hydrogens (tertiary/aromatic N) is 4. The number of halogens is 1. The lowest BCUT2D eigenvalue weighted by atomic mass is 10.3. The lowest BCUT2D eigenvalue weighted by Gasteiger charge is -2.02. The van der Waals surface area contributed by atoms with Crippen LogP contribution in [0.15, 0.2) is 12.4 Å². The average molecular weight is 311 g/mol. The molecule has 21 heavy (non-hydrogen) atoms. The van der Waals surface area contributed by atoms with Crippen LogP contribution in [0.25, 0.3) is 0 Å². The van der Waals surface area contributed by atoms with Crippen molar-refractivity contribution >= 4 is 29.1 Å². The van der Waals surface area contributed by atoms with E-state index in [1.165, 1.54) is 17.9 Å². The highest BCUT2D eigenvalue weighted by Gasteiger charge is 2.20. The van der Waals surface area contributed by atoms with E-state index in [0.29, 0.717) is 12.2 Å². The van der Waals surface area contributed by atoms with Crippen molar-refractivity contribution in [3.8, 4) is 0 Å². The molecule has 0 radical (unpaired) electrons. The Kier molecular flexibility index (Phi) is 4.27. The molecule has 0 aliphatic heterocycles. The van der Waals surface area contributed by atoms with Gasteiger partial charge in [0, 0.05) is 33.0 Å². The molecule has 8 nitrogen and oxygen atoms in total. The third kappa shape index (κ3) is 3.05. The van der Waals surface area contributed by atoms with Crippen molar-refractivity contribution in [1.82, 2.24) is 24.9 Å². The Morgan fingerprint density at radius 3 is 2.48 bits per heavy atom. The molecule has 0 bridgehead atoms. The number of aromatic nitrogens is 4. The minimum Gasteiger partial charge on any atom is -0.354 e. The third-order valence-corrected chi connectivity index (χ3v) is 3.05. The fourth-order valence-corrected chi connectivity index (χ4v) is 2.02. The van der Waals surface area contributed by atoms with Gasteiger partial charge in [-0.3, -0.25) is 19.0 Å². The van der Waals surface area contributed by atoms with Crippen LogP contribution in [-0.2, 0) is 13.6 Å². The molecule has 0 saturated carbocycles. The van der Waals surface area contributed by atoms with Crippen LogP contribution in [0.5, 0.6) is 0 Å². The van der Waals surface area contributed by atoms with E-state index in [9.17, 15) is 9.59 Å². The molecule has 112 valence electrons. The molecule has 0 aliphatic carbocycles. The Morgan fingerprint density at radius 1 is 1.24 bits per heavy atom. The Hall–Kier alpha value is -2.35. The average Bonchev–Trinajstić information content (AvgIpc) is 3.01. The van der Waals surface area contributed by atoms with Crippen LogP contribution in [0.2, 0.25) is 5.02 Å². The van der Waals surface area contributed by atoms with Crippen molar-refractivity contribution < 1.29 is 9.59 Å². The van der Waals surface area contributed by atoms with Gasteiger partial charge in [-0.05, 0) is 6.92 Å². The van der Waals surface area contributed by atoms with Gasteiger partial charge >= 0.3 is 0 Å². The topological polar surface area (TPSA) is 93.8 Å². The summed E-state index contributed by atoms with van der Waals surface area (Å²) in [6.07, 6.45) is 3.10. The Balaban J connectivity index is 2.30. The number of anilines is 1. The van der Waals surface area contributed by atoms with Gasteiger partial charge in [0.25, 0.3) is 11.8 Å². The van der Waals surface area contributed by atoms with Crippen molar-refractivity contribution in [2.45, 2.75) is 13.5 Å². The van der Waals surface area contributed by atoms with Crippen molar-refractivity contribution in [2.75, 3.05) is 12.4 Å². The number of hydrogen-bond acceptors (Lipinski definition) is 4. The van der Waals surface area contributed by atoms with Gasteiger partial charge in [0.2, 0.25) is 0 Å². The standard InChI is InChI=1S/C12H15ClN6O2/c1-4-19-6-8(10(17-19)11(20)14-2)15-12(21)9-7(13)5-18(3)16-9/h5-6H,4H2,1-3H3,(H,14,20)(H,15,21). The van der Waals surface area contributed by atoms with Crippen LogP contribution in [-0.4, -0.2) is 38.4 Å². The van der Waals surface area contributed by atoms with Gasteiger partial charge in [-0.25, -0.2) is 0 Å². The molecule has 2 N–H and O–H groups in total. The Morgan fingerprint density at radius 2 is 1.95 bits per heavy atom. The van der Waals surface area contributed by atoms with Crippen molar-refractivity contribution in [3.05, 3.63) is 28.8 Å². The second-order valence-corrected chi connectivity index (χ2v) is 4.69. The molecule has 2 rings (SSSR count). The molecular weight excluding hydrogens is 296 g/mol. The maximum absolute atomic E-state index is 12.2. The largest absolute Gasteiger partial charge is 0.354 e. The predicted molar refractivity (Wildman–Crippen MR) is 77.5 cm³/mol. The lowest BCUT2D eigenvalue weighted by Crippen LogP contribution is -2.22. The number of amides is 2. The van der Waals surface area contributed by atoms with Crippen molar-refractivity contribution in [2.24, 2.45) is 7.05 Å².